The summed E-state index contributed by atoms with van der Waals surface area (Å²) in [7, 11) is 0. The number of para-hydroxylation sites is 1. The lowest BCUT2D eigenvalue weighted by Crippen LogP contribution is -2.40. The number of ketones is 1. The highest BCUT2D eigenvalue weighted by Crippen LogP contribution is 2.31. The number of amides is 1. The molecule has 0 aliphatic carbocycles. The second-order valence-corrected chi connectivity index (χ2v) is 9.52. The van der Waals surface area contributed by atoms with E-state index in [1.807, 2.05) is 30.3 Å². The van der Waals surface area contributed by atoms with Gasteiger partial charge in [0.05, 0.1) is 16.0 Å². The topological polar surface area (TPSA) is 100 Å². The van der Waals surface area contributed by atoms with Crippen molar-refractivity contribution in [3.63, 3.8) is 0 Å². The van der Waals surface area contributed by atoms with Crippen LogP contribution in [0.4, 0.5) is 5.82 Å². The Morgan fingerprint density at radius 2 is 1.92 bits per heavy atom. The lowest BCUT2D eigenvalue weighted by atomic mass is 10.0. The van der Waals surface area contributed by atoms with Crippen molar-refractivity contribution >= 4 is 51.7 Å². The number of anilines is 1. The van der Waals surface area contributed by atoms with Gasteiger partial charge in [0.2, 0.25) is 5.91 Å². The third-order valence-corrected chi connectivity index (χ3v) is 6.90. The van der Waals surface area contributed by atoms with Crippen LogP contribution in [0, 0.1) is 0 Å². The second-order valence-electron chi connectivity index (χ2n) is 8.84. The number of fused-ring (bicyclic) bond motifs is 1. The number of likely N-dealkylation sites (tertiary alicyclic amines) is 1. The summed E-state index contributed by atoms with van der Waals surface area (Å²) in [6.07, 6.45) is 5.80. The summed E-state index contributed by atoms with van der Waals surface area (Å²) in [5.41, 5.74) is 1.27. The molecule has 1 saturated heterocycles. The Morgan fingerprint density at radius 3 is 2.70 bits per heavy atom. The van der Waals surface area contributed by atoms with Crippen LogP contribution in [-0.2, 0) is 4.79 Å². The Balaban J connectivity index is 1.41. The first-order chi connectivity index (χ1) is 18.0. The number of ether oxygens (including phenoxy) is 1. The predicted octanol–water partition coefficient (Wildman–Crippen LogP) is 5.67. The largest absolute Gasteiger partial charge is 0.457 e. The van der Waals surface area contributed by atoms with Gasteiger partial charge in [-0.1, -0.05) is 29.8 Å². The molecule has 2 aromatic carbocycles. The fraction of sp³-hybridized carbons (Fsp3) is 0.259. The quantitative estimate of drug-likeness (QED) is 0.233. The predicted molar refractivity (Wildman–Crippen MR) is 144 cm³/mol. The van der Waals surface area contributed by atoms with Gasteiger partial charge in [0.1, 0.15) is 35.2 Å². The normalized spacial score (nSPS) is 15.8. The van der Waals surface area contributed by atoms with Crippen LogP contribution in [0.5, 0.6) is 11.5 Å². The van der Waals surface area contributed by atoms with Gasteiger partial charge in [-0.3, -0.25) is 9.59 Å². The van der Waals surface area contributed by atoms with Crippen molar-refractivity contribution < 1.29 is 14.3 Å². The van der Waals surface area contributed by atoms with Gasteiger partial charge in [0.15, 0.2) is 5.78 Å². The molecule has 2 N–H and O–H groups in total. The Kier molecular flexibility index (Phi) is 7.58. The van der Waals surface area contributed by atoms with Gasteiger partial charge in [0.25, 0.3) is 0 Å². The van der Waals surface area contributed by atoms with Crippen molar-refractivity contribution in [1.82, 2.24) is 19.9 Å². The number of carbonyl (C=O) groups is 2. The molecule has 0 radical (unpaired) electrons. The summed E-state index contributed by atoms with van der Waals surface area (Å²) in [5, 5.41) is 4.30. The van der Waals surface area contributed by atoms with E-state index < -0.39 is 0 Å². The Hall–Kier alpha value is -3.62. The van der Waals surface area contributed by atoms with Crippen molar-refractivity contribution in [3.05, 3.63) is 77.2 Å². The fourth-order valence-corrected chi connectivity index (χ4v) is 4.95. The molecule has 2 aromatic heterocycles. The van der Waals surface area contributed by atoms with E-state index in [-0.39, 0.29) is 28.6 Å². The number of benzene rings is 2. The van der Waals surface area contributed by atoms with Crippen LogP contribution in [0.1, 0.15) is 35.2 Å². The van der Waals surface area contributed by atoms with Crippen molar-refractivity contribution in [2.24, 2.45) is 0 Å². The van der Waals surface area contributed by atoms with Crippen LogP contribution in [0.2, 0.25) is 5.02 Å². The number of nitrogens with zero attached hydrogens (tertiary/aromatic N) is 3. The SMILES string of the molecule is O=C(c1ccc(Oc2ccccc2)cc1Cl)c1c[nH]c2ncnc(NC3CCCCN(C(=O)CCl)C3)c12. The first-order valence-electron chi connectivity index (χ1n) is 12.0. The van der Waals surface area contributed by atoms with Crippen molar-refractivity contribution in [2.75, 3.05) is 24.3 Å². The number of rotatable bonds is 7. The molecule has 5 rings (SSSR count). The third-order valence-electron chi connectivity index (χ3n) is 6.36. The van der Waals surface area contributed by atoms with Crippen molar-refractivity contribution in [2.45, 2.75) is 25.3 Å². The molecule has 1 aliphatic heterocycles. The Bertz CT molecular complexity index is 1430. The van der Waals surface area contributed by atoms with Crippen LogP contribution >= 0.6 is 23.2 Å². The molecule has 3 heterocycles. The molecule has 37 heavy (non-hydrogen) atoms. The number of hydrogen-bond acceptors (Lipinski definition) is 6. The standard InChI is InChI=1S/C27H25Cl2N5O3/c28-13-23(35)34-11-5-4-6-17(15-34)33-27-24-21(14-30-26(24)31-16-32-27)25(36)20-10-9-19(12-22(20)29)37-18-7-2-1-3-8-18/h1-3,7-10,12,14,16-17H,4-6,11,13,15H2,(H2,30,31,32,33). The van der Waals surface area contributed by atoms with Crippen LogP contribution in [0.3, 0.4) is 0 Å². The molecule has 1 aliphatic rings. The molecule has 0 saturated carbocycles. The van der Waals surface area contributed by atoms with Gasteiger partial charge >= 0.3 is 0 Å². The first-order valence-corrected chi connectivity index (χ1v) is 12.9. The number of H-pyrrole nitrogens is 1. The van der Waals surface area contributed by atoms with Gasteiger partial charge < -0.3 is 19.9 Å². The number of aromatic amines is 1. The summed E-state index contributed by atoms with van der Waals surface area (Å²) < 4.78 is 5.83. The number of halogens is 2. The average Bonchev–Trinajstić information content (AvgIpc) is 3.22. The molecule has 1 fully saturated rings. The molecule has 10 heteroatoms. The molecule has 0 bridgehead atoms. The van der Waals surface area contributed by atoms with Gasteiger partial charge in [-0.05, 0) is 43.5 Å². The summed E-state index contributed by atoms with van der Waals surface area (Å²) in [6.45, 7) is 1.19. The molecule has 8 nitrogen and oxygen atoms in total. The van der Waals surface area contributed by atoms with E-state index >= 15 is 0 Å². The van der Waals surface area contributed by atoms with E-state index in [4.69, 9.17) is 27.9 Å². The van der Waals surface area contributed by atoms with Crippen LogP contribution in [-0.4, -0.2) is 56.6 Å². The highest BCUT2D eigenvalue weighted by molar-refractivity contribution is 6.35. The van der Waals surface area contributed by atoms with E-state index in [0.717, 1.165) is 19.3 Å². The Morgan fingerprint density at radius 1 is 1.08 bits per heavy atom. The smallest absolute Gasteiger partial charge is 0.237 e. The molecule has 0 spiro atoms. The Labute approximate surface area is 224 Å². The van der Waals surface area contributed by atoms with Gasteiger partial charge in [0, 0.05) is 37.0 Å². The first kappa shape index (κ1) is 25.0. The zero-order chi connectivity index (χ0) is 25.8. The number of nitrogens with one attached hydrogen (secondary N) is 2. The summed E-state index contributed by atoms with van der Waals surface area (Å²) in [5.74, 6) is 1.33. The number of aromatic nitrogens is 3. The minimum absolute atomic E-state index is 0.0383. The number of hydrogen-bond donors (Lipinski definition) is 2. The summed E-state index contributed by atoms with van der Waals surface area (Å²) in [4.78, 5) is 39.4. The monoisotopic (exact) mass is 537 g/mol. The second kappa shape index (κ2) is 11.2. The molecular weight excluding hydrogens is 513 g/mol. The van der Waals surface area contributed by atoms with Crippen LogP contribution in [0.25, 0.3) is 11.0 Å². The zero-order valence-corrected chi connectivity index (χ0v) is 21.4. The highest BCUT2D eigenvalue weighted by atomic mass is 35.5. The van der Waals surface area contributed by atoms with E-state index in [0.29, 0.717) is 52.6 Å². The molecule has 1 unspecified atom stereocenters. The minimum Gasteiger partial charge on any atom is -0.457 e. The minimum atomic E-state index is -0.264. The van der Waals surface area contributed by atoms with E-state index in [2.05, 4.69) is 20.3 Å². The van der Waals surface area contributed by atoms with E-state index in [1.165, 1.54) is 6.33 Å². The van der Waals surface area contributed by atoms with Gasteiger partial charge in [-0.2, -0.15) is 0 Å². The number of carbonyl (C=O) groups excluding carboxylic acids is 2. The molecular formula is C27H25Cl2N5O3. The molecule has 1 amide bonds. The molecule has 190 valence electrons. The third kappa shape index (κ3) is 5.55. The van der Waals surface area contributed by atoms with Crippen molar-refractivity contribution in [3.8, 4) is 11.5 Å². The van der Waals surface area contributed by atoms with Crippen molar-refractivity contribution in [1.29, 1.82) is 0 Å². The lowest BCUT2D eigenvalue weighted by molar-refractivity contribution is -0.128. The summed E-state index contributed by atoms with van der Waals surface area (Å²) >= 11 is 12.3. The van der Waals surface area contributed by atoms with E-state index in [9.17, 15) is 9.59 Å². The van der Waals surface area contributed by atoms with Gasteiger partial charge in [-0.15, -0.1) is 11.6 Å². The zero-order valence-electron chi connectivity index (χ0n) is 19.9. The van der Waals surface area contributed by atoms with Crippen LogP contribution < -0.4 is 10.1 Å². The maximum absolute atomic E-state index is 13.6. The summed E-state index contributed by atoms with van der Waals surface area (Å²) in [6, 6.07) is 14.3. The molecule has 4 aromatic rings. The average molecular weight is 538 g/mol. The fourth-order valence-electron chi connectivity index (χ4n) is 4.53. The maximum atomic E-state index is 13.6. The van der Waals surface area contributed by atoms with Crippen LogP contribution in [0.15, 0.2) is 61.1 Å². The van der Waals surface area contributed by atoms with Gasteiger partial charge in [-0.25, -0.2) is 9.97 Å². The highest BCUT2D eigenvalue weighted by Gasteiger charge is 2.25. The lowest BCUT2D eigenvalue weighted by Gasteiger charge is -2.25. The maximum Gasteiger partial charge on any atom is 0.237 e. The number of alkyl halides is 1. The molecule has 1 atom stereocenters. The van der Waals surface area contributed by atoms with E-state index in [1.54, 1.807) is 29.3 Å².